The first-order valence-electron chi connectivity index (χ1n) is 7.09. The van der Waals surface area contributed by atoms with E-state index < -0.39 is 0 Å². The van der Waals surface area contributed by atoms with Crippen LogP contribution in [0.2, 0.25) is 0 Å². The average Bonchev–Trinajstić information content (AvgIpc) is 2.29. The molecule has 2 heteroatoms. The van der Waals surface area contributed by atoms with E-state index in [1.807, 2.05) is 0 Å². The molecule has 2 fully saturated rings. The Balaban J connectivity index is 1.69. The Labute approximate surface area is 111 Å². The lowest BCUT2D eigenvalue weighted by molar-refractivity contribution is 0.00130. The van der Waals surface area contributed by atoms with Crippen molar-refractivity contribution in [3.05, 3.63) is 29.3 Å². The Kier molecular flexibility index (Phi) is 2.86. The first-order valence-corrected chi connectivity index (χ1v) is 7.09. The molecule has 0 saturated carbocycles. The predicted molar refractivity (Wildman–Crippen MR) is 77.3 cm³/mol. The molecule has 2 heterocycles. The fourth-order valence-corrected chi connectivity index (χ4v) is 3.80. The molecule has 0 radical (unpaired) electrons. The number of piperidine rings is 1. The van der Waals surface area contributed by atoms with Gasteiger partial charge in [0.1, 0.15) is 0 Å². The third kappa shape index (κ3) is 2.03. The van der Waals surface area contributed by atoms with Crippen LogP contribution in [0.3, 0.4) is 0 Å². The van der Waals surface area contributed by atoms with E-state index in [0.717, 1.165) is 0 Å². The fraction of sp³-hybridized carbons (Fsp3) is 0.625. The number of hydrogen-bond donors (Lipinski definition) is 0. The van der Waals surface area contributed by atoms with Crippen molar-refractivity contribution >= 4 is 5.69 Å². The van der Waals surface area contributed by atoms with E-state index in [9.17, 15) is 0 Å². The van der Waals surface area contributed by atoms with Crippen LogP contribution in [0.15, 0.2) is 18.2 Å². The minimum absolute atomic E-state index is 0.657. The van der Waals surface area contributed by atoms with Gasteiger partial charge in [-0.05, 0) is 50.8 Å². The molecule has 98 valence electrons. The quantitative estimate of drug-likeness (QED) is 0.749. The number of anilines is 1. The van der Waals surface area contributed by atoms with Crippen molar-refractivity contribution in [3.8, 4) is 0 Å². The zero-order valence-corrected chi connectivity index (χ0v) is 11.9. The number of rotatable bonds is 1. The Morgan fingerprint density at radius 1 is 1.06 bits per heavy atom. The van der Waals surface area contributed by atoms with Crippen molar-refractivity contribution in [2.75, 3.05) is 38.1 Å². The molecule has 18 heavy (non-hydrogen) atoms. The maximum absolute atomic E-state index is 2.58. The third-order valence-electron chi connectivity index (χ3n) is 4.73. The number of benzene rings is 1. The number of likely N-dealkylation sites (tertiary alicyclic amines) is 1. The van der Waals surface area contributed by atoms with Gasteiger partial charge in [-0.2, -0.15) is 0 Å². The topological polar surface area (TPSA) is 6.48 Å². The lowest BCUT2D eigenvalue weighted by atomic mass is 9.72. The van der Waals surface area contributed by atoms with Gasteiger partial charge < -0.3 is 9.80 Å². The number of nitrogens with zero attached hydrogens (tertiary/aromatic N) is 2. The molecule has 0 N–H and O–H groups in total. The molecule has 1 spiro atoms. The van der Waals surface area contributed by atoms with Crippen LogP contribution in [-0.4, -0.2) is 38.1 Å². The Morgan fingerprint density at radius 2 is 1.72 bits per heavy atom. The van der Waals surface area contributed by atoms with E-state index in [2.05, 4.69) is 48.9 Å². The Morgan fingerprint density at radius 3 is 2.28 bits per heavy atom. The second kappa shape index (κ2) is 4.27. The van der Waals surface area contributed by atoms with E-state index in [4.69, 9.17) is 0 Å². The summed E-state index contributed by atoms with van der Waals surface area (Å²) in [5.41, 5.74) is 4.90. The van der Waals surface area contributed by atoms with E-state index in [0.29, 0.717) is 5.41 Å². The van der Waals surface area contributed by atoms with Gasteiger partial charge in [0.15, 0.2) is 0 Å². The largest absolute Gasteiger partial charge is 0.371 e. The summed E-state index contributed by atoms with van der Waals surface area (Å²) in [6.07, 6.45) is 2.73. The van der Waals surface area contributed by atoms with Crippen LogP contribution in [0.4, 0.5) is 5.69 Å². The van der Waals surface area contributed by atoms with Gasteiger partial charge in [-0.25, -0.2) is 0 Å². The van der Waals surface area contributed by atoms with Gasteiger partial charge in [-0.3, -0.25) is 0 Å². The molecular weight excluding hydrogens is 220 g/mol. The molecule has 2 nitrogen and oxygen atoms in total. The Hall–Kier alpha value is -1.02. The Bertz CT molecular complexity index is 436. The summed E-state index contributed by atoms with van der Waals surface area (Å²) in [7, 11) is 2.24. The van der Waals surface area contributed by atoms with Crippen molar-refractivity contribution in [3.63, 3.8) is 0 Å². The van der Waals surface area contributed by atoms with Gasteiger partial charge in [-0.15, -0.1) is 0 Å². The molecule has 3 rings (SSSR count). The van der Waals surface area contributed by atoms with Crippen molar-refractivity contribution < 1.29 is 0 Å². The standard InChI is InChI=1S/C16H24N2/c1-13-4-5-15(14(2)10-13)18-8-6-16(7-9-18)11-17(3)12-16/h4-5,10H,6-9,11-12H2,1-3H3. The lowest BCUT2D eigenvalue weighted by Gasteiger charge is -2.53. The summed E-state index contributed by atoms with van der Waals surface area (Å²) in [4.78, 5) is 5.03. The van der Waals surface area contributed by atoms with Gasteiger partial charge in [0.2, 0.25) is 0 Å². The molecule has 1 aromatic rings. The highest BCUT2D eigenvalue weighted by Gasteiger charge is 2.43. The molecular formula is C16H24N2. The second-order valence-electron chi connectivity index (χ2n) is 6.45. The van der Waals surface area contributed by atoms with E-state index in [1.165, 1.54) is 55.8 Å². The molecule has 0 amide bonds. The molecule has 2 aliphatic rings. The third-order valence-corrected chi connectivity index (χ3v) is 4.73. The van der Waals surface area contributed by atoms with Crippen LogP contribution in [-0.2, 0) is 0 Å². The first kappa shape index (κ1) is 12.0. The summed E-state index contributed by atoms with van der Waals surface area (Å²) in [5.74, 6) is 0. The minimum atomic E-state index is 0.657. The van der Waals surface area contributed by atoms with Crippen LogP contribution in [0.1, 0.15) is 24.0 Å². The highest BCUT2D eigenvalue weighted by molar-refractivity contribution is 5.54. The van der Waals surface area contributed by atoms with Crippen molar-refractivity contribution in [1.82, 2.24) is 4.90 Å². The molecule has 0 unspecified atom stereocenters. The molecule has 0 aliphatic carbocycles. The van der Waals surface area contributed by atoms with Crippen molar-refractivity contribution in [2.24, 2.45) is 5.41 Å². The second-order valence-corrected chi connectivity index (χ2v) is 6.45. The van der Waals surface area contributed by atoms with Crippen LogP contribution in [0, 0.1) is 19.3 Å². The van der Waals surface area contributed by atoms with E-state index in [-0.39, 0.29) is 0 Å². The highest BCUT2D eigenvalue weighted by Crippen LogP contribution is 2.40. The molecule has 0 atom stereocenters. The highest BCUT2D eigenvalue weighted by atomic mass is 15.2. The molecule has 2 saturated heterocycles. The van der Waals surface area contributed by atoms with Crippen LogP contribution >= 0.6 is 0 Å². The zero-order valence-electron chi connectivity index (χ0n) is 11.9. The number of aryl methyl sites for hydroxylation is 2. The van der Waals surface area contributed by atoms with Crippen LogP contribution in [0.5, 0.6) is 0 Å². The van der Waals surface area contributed by atoms with Gasteiger partial charge >= 0.3 is 0 Å². The van der Waals surface area contributed by atoms with Gasteiger partial charge in [-0.1, -0.05) is 17.7 Å². The van der Waals surface area contributed by atoms with E-state index in [1.54, 1.807) is 0 Å². The average molecular weight is 244 g/mol. The SMILES string of the molecule is Cc1ccc(N2CCC3(CC2)CN(C)C3)c(C)c1. The van der Waals surface area contributed by atoms with Crippen molar-refractivity contribution in [2.45, 2.75) is 26.7 Å². The van der Waals surface area contributed by atoms with Crippen molar-refractivity contribution in [1.29, 1.82) is 0 Å². The summed E-state index contributed by atoms with van der Waals surface area (Å²) in [6.45, 7) is 9.51. The first-order chi connectivity index (χ1) is 8.58. The summed E-state index contributed by atoms with van der Waals surface area (Å²) in [6, 6.07) is 6.84. The monoisotopic (exact) mass is 244 g/mol. The maximum Gasteiger partial charge on any atom is 0.0396 e. The number of hydrogen-bond acceptors (Lipinski definition) is 2. The van der Waals surface area contributed by atoms with E-state index >= 15 is 0 Å². The zero-order chi connectivity index (χ0) is 12.8. The lowest BCUT2D eigenvalue weighted by Crippen LogP contribution is -2.58. The summed E-state index contributed by atoms with van der Waals surface area (Å²) >= 11 is 0. The minimum Gasteiger partial charge on any atom is -0.371 e. The molecule has 1 aromatic carbocycles. The molecule has 0 bridgehead atoms. The fourth-order valence-electron chi connectivity index (χ4n) is 3.80. The molecule has 0 aromatic heterocycles. The summed E-state index contributed by atoms with van der Waals surface area (Å²) < 4.78 is 0. The predicted octanol–water partition coefficient (Wildman–Crippen LogP) is 2.84. The molecule has 2 aliphatic heterocycles. The van der Waals surface area contributed by atoms with Crippen LogP contribution in [0.25, 0.3) is 0 Å². The van der Waals surface area contributed by atoms with Gasteiger partial charge in [0.25, 0.3) is 0 Å². The summed E-state index contributed by atoms with van der Waals surface area (Å²) in [5, 5.41) is 0. The van der Waals surface area contributed by atoms with Crippen LogP contribution < -0.4 is 4.90 Å². The maximum atomic E-state index is 2.58. The normalized spacial score (nSPS) is 23.2. The van der Waals surface area contributed by atoms with Gasteiger partial charge in [0, 0.05) is 31.9 Å². The smallest absolute Gasteiger partial charge is 0.0396 e. The van der Waals surface area contributed by atoms with Gasteiger partial charge in [0.05, 0.1) is 0 Å².